The molecule has 0 unspecified atom stereocenters. The largest absolute Gasteiger partial charge is 0.460 e. The first-order chi connectivity index (χ1) is 11.7. The Labute approximate surface area is 148 Å². The van der Waals surface area contributed by atoms with E-state index in [4.69, 9.17) is 4.74 Å². The molecule has 0 N–H and O–H groups in total. The highest BCUT2D eigenvalue weighted by molar-refractivity contribution is 7.97. The summed E-state index contributed by atoms with van der Waals surface area (Å²) in [6, 6.07) is 0. The number of ether oxygens (including phenoxy) is 1. The van der Waals surface area contributed by atoms with E-state index < -0.39 is 52.9 Å². The highest BCUT2D eigenvalue weighted by atomic mass is 32.2. The minimum Gasteiger partial charge on any atom is -0.460 e. The van der Waals surface area contributed by atoms with E-state index in [-0.39, 0.29) is 17.1 Å². The molecule has 1 aromatic rings. The van der Waals surface area contributed by atoms with E-state index in [0.29, 0.717) is 0 Å². The quantitative estimate of drug-likeness (QED) is 0.303. The molecule has 0 amide bonds. The van der Waals surface area contributed by atoms with Crippen LogP contribution >= 0.6 is 11.8 Å². The average molecular weight is 376 g/mol. The Morgan fingerprint density at radius 3 is 2.12 bits per heavy atom. The number of hydrogen-bond acceptors (Lipinski definition) is 3. The van der Waals surface area contributed by atoms with Gasteiger partial charge in [0.05, 0.1) is 11.5 Å². The molecule has 0 saturated heterocycles. The molecule has 1 aliphatic rings. The zero-order valence-corrected chi connectivity index (χ0v) is 15.3. The van der Waals surface area contributed by atoms with Gasteiger partial charge in [0.1, 0.15) is 6.61 Å². The summed E-state index contributed by atoms with van der Waals surface area (Å²) < 4.78 is 60.9. The van der Waals surface area contributed by atoms with Crippen LogP contribution in [0.1, 0.15) is 31.9 Å². The molecular weight excluding hydrogens is 356 g/mol. The number of halogens is 4. The first-order valence-corrected chi connectivity index (χ1v) is 9.19. The molecule has 0 radical (unpaired) electrons. The van der Waals surface area contributed by atoms with E-state index in [1.807, 2.05) is 32.9 Å². The van der Waals surface area contributed by atoms with Gasteiger partial charge in [-0.25, -0.2) is 17.6 Å². The van der Waals surface area contributed by atoms with Crippen molar-refractivity contribution in [3.63, 3.8) is 0 Å². The van der Waals surface area contributed by atoms with E-state index in [2.05, 4.69) is 0 Å². The lowest BCUT2D eigenvalue weighted by molar-refractivity contribution is -0.147. The molecule has 0 heterocycles. The zero-order chi connectivity index (χ0) is 18.9. The monoisotopic (exact) mass is 376 g/mol. The van der Waals surface area contributed by atoms with Gasteiger partial charge in [0.2, 0.25) is 0 Å². The van der Waals surface area contributed by atoms with Crippen LogP contribution in [0.25, 0.3) is 0 Å². The lowest BCUT2D eigenvalue weighted by Crippen LogP contribution is -2.14. The maximum absolute atomic E-state index is 14.0. The molecule has 1 aromatic carbocycles. The summed E-state index contributed by atoms with van der Waals surface area (Å²) >= 11 is 1.04. The number of allylic oxidation sites excluding steroid dienone is 2. The molecule has 0 aromatic heterocycles. The van der Waals surface area contributed by atoms with E-state index in [0.717, 1.165) is 11.8 Å². The number of hydrogen-bond donors (Lipinski definition) is 0. The van der Waals surface area contributed by atoms with Crippen LogP contribution in [0.4, 0.5) is 17.6 Å². The molecule has 1 saturated carbocycles. The van der Waals surface area contributed by atoms with Crippen molar-refractivity contribution in [2.24, 2.45) is 17.3 Å². The Bertz CT molecular complexity index is 687. The Balaban J connectivity index is 2.18. The molecule has 2 rings (SSSR count). The fraction of sp³-hybridized carbons (Fsp3) is 0.500. The molecule has 25 heavy (non-hydrogen) atoms. The summed E-state index contributed by atoms with van der Waals surface area (Å²) in [6.45, 7) is 4.73. The first kappa shape index (κ1) is 19.8. The second kappa shape index (κ2) is 7.40. The van der Waals surface area contributed by atoms with Crippen LogP contribution in [0.2, 0.25) is 0 Å². The van der Waals surface area contributed by atoms with E-state index in [9.17, 15) is 22.4 Å². The fourth-order valence-corrected chi connectivity index (χ4v) is 3.59. The van der Waals surface area contributed by atoms with Crippen molar-refractivity contribution >= 4 is 17.7 Å². The second-order valence-corrected chi connectivity index (χ2v) is 7.47. The number of benzene rings is 1. The number of rotatable bonds is 6. The summed E-state index contributed by atoms with van der Waals surface area (Å²) in [6.07, 6.45) is 5.24. The van der Waals surface area contributed by atoms with Gasteiger partial charge in [-0.1, -0.05) is 26.0 Å². The third-order valence-corrected chi connectivity index (χ3v) is 5.23. The molecule has 0 spiro atoms. The van der Waals surface area contributed by atoms with Gasteiger partial charge in [0.25, 0.3) is 0 Å². The topological polar surface area (TPSA) is 26.3 Å². The Kier molecular flexibility index (Phi) is 5.86. The molecule has 0 bridgehead atoms. The Morgan fingerprint density at radius 2 is 1.64 bits per heavy atom. The van der Waals surface area contributed by atoms with Crippen LogP contribution in [-0.2, 0) is 21.9 Å². The van der Waals surface area contributed by atoms with Crippen molar-refractivity contribution in [1.82, 2.24) is 0 Å². The van der Waals surface area contributed by atoms with Crippen LogP contribution < -0.4 is 0 Å². The summed E-state index contributed by atoms with van der Waals surface area (Å²) in [5, 5.41) is 0. The Morgan fingerprint density at radius 1 is 1.12 bits per heavy atom. The minimum absolute atomic E-state index is 0.0304. The zero-order valence-electron chi connectivity index (χ0n) is 14.5. The average Bonchev–Trinajstić information content (AvgIpc) is 3.10. The molecule has 0 aliphatic heterocycles. The third-order valence-electron chi connectivity index (χ3n) is 4.66. The molecule has 1 fully saturated rings. The maximum Gasteiger partial charge on any atom is 0.310 e. The second-order valence-electron chi connectivity index (χ2n) is 6.60. The number of esters is 1. The lowest BCUT2D eigenvalue weighted by atomic mass is 10.1. The highest BCUT2D eigenvalue weighted by Crippen LogP contribution is 2.59. The van der Waals surface area contributed by atoms with Crippen molar-refractivity contribution in [3.05, 3.63) is 46.5 Å². The van der Waals surface area contributed by atoms with Gasteiger partial charge >= 0.3 is 5.97 Å². The van der Waals surface area contributed by atoms with E-state index in [1.165, 1.54) is 0 Å². The van der Waals surface area contributed by atoms with Gasteiger partial charge in [-0.05, 0) is 24.5 Å². The van der Waals surface area contributed by atoms with Gasteiger partial charge in [-0.2, -0.15) is 11.8 Å². The Hall–Kier alpha value is -1.50. The van der Waals surface area contributed by atoms with Gasteiger partial charge in [-0.15, -0.1) is 0 Å². The molecule has 2 atom stereocenters. The predicted molar refractivity (Wildman–Crippen MR) is 88.9 cm³/mol. The predicted octanol–water partition coefficient (Wildman–Crippen LogP) is 5.00. The maximum atomic E-state index is 14.0. The van der Waals surface area contributed by atoms with Crippen LogP contribution in [0.3, 0.4) is 0 Å². The van der Waals surface area contributed by atoms with Crippen LogP contribution in [0.15, 0.2) is 12.2 Å². The molecule has 2 nitrogen and oxygen atoms in total. The summed E-state index contributed by atoms with van der Waals surface area (Å²) in [5.74, 6) is -7.24. The van der Waals surface area contributed by atoms with Gasteiger partial charge in [-0.3, -0.25) is 4.79 Å². The van der Waals surface area contributed by atoms with Crippen molar-refractivity contribution in [2.75, 3.05) is 6.26 Å². The van der Waals surface area contributed by atoms with Gasteiger partial charge in [0.15, 0.2) is 23.3 Å². The van der Waals surface area contributed by atoms with E-state index >= 15 is 0 Å². The minimum atomic E-state index is -1.52. The summed E-state index contributed by atoms with van der Waals surface area (Å²) in [4.78, 5) is 12.1. The molecule has 7 heteroatoms. The number of thioether (sulfide) groups is 1. The summed E-state index contributed by atoms with van der Waals surface area (Å²) in [5.41, 5.74) is -1.89. The van der Waals surface area contributed by atoms with Crippen LogP contribution in [0.5, 0.6) is 0 Å². The van der Waals surface area contributed by atoms with Gasteiger partial charge in [0, 0.05) is 11.3 Å². The normalized spacial score (nSPS) is 21.6. The van der Waals surface area contributed by atoms with E-state index in [1.54, 1.807) is 6.26 Å². The number of carbonyl (C=O) groups is 1. The van der Waals surface area contributed by atoms with Gasteiger partial charge < -0.3 is 4.74 Å². The summed E-state index contributed by atoms with van der Waals surface area (Å²) in [7, 11) is 0. The van der Waals surface area contributed by atoms with Crippen molar-refractivity contribution in [2.45, 2.75) is 33.1 Å². The molecule has 1 aliphatic carbocycles. The third kappa shape index (κ3) is 3.57. The highest BCUT2D eigenvalue weighted by Gasteiger charge is 2.61. The smallest absolute Gasteiger partial charge is 0.310 e. The van der Waals surface area contributed by atoms with Crippen LogP contribution in [0, 0.1) is 40.5 Å². The van der Waals surface area contributed by atoms with Crippen LogP contribution in [-0.4, -0.2) is 12.2 Å². The fourth-order valence-electron chi connectivity index (χ4n) is 3.05. The lowest BCUT2D eigenvalue weighted by Gasteiger charge is -2.12. The SMILES string of the molecule is C/C=C\[C@@H]1[C@@H](C(=O)OCc2c(F)c(F)c(CSC)c(F)c2F)C1(C)C. The molecule has 138 valence electrons. The van der Waals surface area contributed by atoms with Crippen molar-refractivity contribution < 1.29 is 27.1 Å². The first-order valence-electron chi connectivity index (χ1n) is 7.80. The molecular formula is C18H20F4O2S. The van der Waals surface area contributed by atoms with Crippen molar-refractivity contribution in [1.29, 1.82) is 0 Å². The van der Waals surface area contributed by atoms with Crippen molar-refractivity contribution in [3.8, 4) is 0 Å². The number of carbonyl (C=O) groups excluding carboxylic acids is 1. The standard InChI is InChI=1S/C18H20F4O2S/c1-5-6-11-12(18(11,2)3)17(23)24-7-9-13(19)15(21)10(8-25-4)16(22)14(9)20/h5-6,11-12H,7-8H2,1-4H3/b6-5-/t11-,12+/m1/s1.